The molecule has 0 heterocycles. The standard InChI is InChI=1S/C2H7O4P/c3-1-2-7(4,5)6/h3H,1-2H2,(H2,4,5,6)/p-2. The number of hydrogen-bond acceptors (Lipinski definition) is 4. The van der Waals surface area contributed by atoms with E-state index in [1.165, 1.54) is 0 Å². The zero-order valence-corrected chi connectivity index (χ0v) is 4.43. The zero-order valence-electron chi connectivity index (χ0n) is 3.53. The monoisotopic (exact) mass is 124 g/mol. The fourth-order valence-corrected chi connectivity index (χ4v) is 0.367. The van der Waals surface area contributed by atoms with E-state index < -0.39 is 20.4 Å². The van der Waals surface area contributed by atoms with E-state index in [-0.39, 0.29) is 0 Å². The summed E-state index contributed by atoms with van der Waals surface area (Å²) in [6.45, 7) is -0.579. The average molecular weight is 124 g/mol. The lowest BCUT2D eigenvalue weighted by molar-refractivity contribution is -0.313. The molecule has 0 spiro atoms. The molecule has 0 atom stereocenters. The van der Waals surface area contributed by atoms with Crippen LogP contribution in [0.15, 0.2) is 0 Å². The summed E-state index contributed by atoms with van der Waals surface area (Å²) in [7, 11) is -4.42. The Morgan fingerprint density at radius 3 is 2.00 bits per heavy atom. The molecule has 0 saturated heterocycles. The Morgan fingerprint density at radius 1 is 1.57 bits per heavy atom. The van der Waals surface area contributed by atoms with Crippen molar-refractivity contribution in [1.82, 2.24) is 0 Å². The zero-order chi connectivity index (χ0) is 5.91. The number of aliphatic hydroxyl groups is 1. The quantitative estimate of drug-likeness (QED) is 0.427. The maximum absolute atomic E-state index is 9.54. The first-order valence-corrected chi connectivity index (χ1v) is 3.41. The first kappa shape index (κ1) is 7.11. The molecule has 0 aromatic heterocycles. The van der Waals surface area contributed by atoms with Crippen LogP contribution in [0.2, 0.25) is 0 Å². The van der Waals surface area contributed by atoms with Crippen LogP contribution in [-0.4, -0.2) is 17.9 Å². The fraction of sp³-hybridized carbons (Fsp3) is 1.00. The Kier molecular flexibility index (Phi) is 2.46. The third kappa shape index (κ3) is 6.11. The molecule has 5 heteroatoms. The minimum Gasteiger partial charge on any atom is -0.811 e. The summed E-state index contributed by atoms with van der Waals surface area (Å²) in [4.78, 5) is 19.1. The average Bonchev–Trinajstić information content (AvgIpc) is 1.30. The molecule has 0 aliphatic rings. The highest BCUT2D eigenvalue weighted by Crippen LogP contribution is 2.20. The van der Waals surface area contributed by atoms with Gasteiger partial charge in [0.25, 0.3) is 0 Å². The molecular formula is C2H5O4P-2. The molecule has 7 heavy (non-hydrogen) atoms. The third-order valence-corrected chi connectivity index (χ3v) is 1.12. The normalized spacial score (nSPS) is 11.9. The first-order chi connectivity index (χ1) is 3.06. The molecule has 0 aliphatic carbocycles. The van der Waals surface area contributed by atoms with Crippen LogP contribution >= 0.6 is 7.60 Å². The highest BCUT2D eigenvalue weighted by Gasteiger charge is 1.84. The number of hydrogen-bond donors (Lipinski definition) is 1. The second-order valence-corrected chi connectivity index (χ2v) is 2.73. The van der Waals surface area contributed by atoms with Gasteiger partial charge in [0.05, 0.1) is 0 Å². The number of rotatable bonds is 2. The van der Waals surface area contributed by atoms with Gasteiger partial charge in [0.1, 0.15) is 0 Å². The van der Waals surface area contributed by atoms with Gasteiger partial charge in [-0.05, 0) is 6.16 Å². The van der Waals surface area contributed by atoms with E-state index in [9.17, 15) is 14.4 Å². The van der Waals surface area contributed by atoms with Gasteiger partial charge in [0, 0.05) is 6.61 Å². The van der Waals surface area contributed by atoms with Crippen LogP contribution in [0.5, 0.6) is 0 Å². The minimum absolute atomic E-state index is 0.579. The summed E-state index contributed by atoms with van der Waals surface area (Å²) in [5, 5.41) is 7.83. The van der Waals surface area contributed by atoms with E-state index in [4.69, 9.17) is 5.11 Å². The van der Waals surface area contributed by atoms with Crippen molar-refractivity contribution in [1.29, 1.82) is 0 Å². The summed E-state index contributed by atoms with van der Waals surface area (Å²) in [5.41, 5.74) is 0. The van der Waals surface area contributed by atoms with E-state index in [1.807, 2.05) is 0 Å². The lowest BCUT2D eigenvalue weighted by Gasteiger charge is -2.27. The fourth-order valence-electron chi connectivity index (χ4n) is 0.122. The number of aliphatic hydroxyl groups excluding tert-OH is 1. The Labute approximate surface area is 40.9 Å². The van der Waals surface area contributed by atoms with Crippen LogP contribution in [0, 0.1) is 0 Å². The van der Waals surface area contributed by atoms with Crippen molar-refractivity contribution in [2.24, 2.45) is 0 Å². The van der Waals surface area contributed by atoms with Gasteiger partial charge in [-0.25, -0.2) is 0 Å². The van der Waals surface area contributed by atoms with Crippen molar-refractivity contribution in [2.45, 2.75) is 0 Å². The van der Waals surface area contributed by atoms with Crippen LogP contribution in [0.1, 0.15) is 0 Å². The van der Waals surface area contributed by atoms with Gasteiger partial charge < -0.3 is 19.5 Å². The minimum atomic E-state index is -4.42. The van der Waals surface area contributed by atoms with Crippen molar-refractivity contribution in [3.8, 4) is 0 Å². The van der Waals surface area contributed by atoms with Crippen molar-refractivity contribution >= 4 is 7.60 Å². The Balaban J connectivity index is 3.36. The molecule has 0 aliphatic heterocycles. The molecule has 44 valence electrons. The molecule has 0 aromatic carbocycles. The molecule has 0 aromatic rings. The predicted octanol–water partition coefficient (Wildman–Crippen LogP) is -2.11. The third-order valence-electron chi connectivity index (χ3n) is 0.374. The van der Waals surface area contributed by atoms with E-state index in [0.29, 0.717) is 0 Å². The summed E-state index contributed by atoms with van der Waals surface area (Å²) < 4.78 is 9.54. The largest absolute Gasteiger partial charge is 0.811 e. The Morgan fingerprint density at radius 2 is 2.00 bits per heavy atom. The topological polar surface area (TPSA) is 83.4 Å². The summed E-state index contributed by atoms with van der Waals surface area (Å²) in [5.74, 6) is 0. The van der Waals surface area contributed by atoms with Crippen molar-refractivity contribution in [3.63, 3.8) is 0 Å². The van der Waals surface area contributed by atoms with Gasteiger partial charge in [-0.15, -0.1) is 0 Å². The highest BCUT2D eigenvalue weighted by atomic mass is 31.2. The van der Waals surface area contributed by atoms with Crippen molar-refractivity contribution < 1.29 is 19.5 Å². The molecule has 0 fully saturated rings. The lowest BCUT2D eigenvalue weighted by Crippen LogP contribution is -2.18. The van der Waals surface area contributed by atoms with Crippen LogP contribution in [0.25, 0.3) is 0 Å². The maximum atomic E-state index is 9.54. The van der Waals surface area contributed by atoms with E-state index in [2.05, 4.69) is 0 Å². The van der Waals surface area contributed by atoms with Gasteiger partial charge in [0.15, 0.2) is 0 Å². The predicted molar refractivity (Wildman–Crippen MR) is 19.6 cm³/mol. The molecule has 4 nitrogen and oxygen atoms in total. The van der Waals surface area contributed by atoms with Crippen LogP contribution in [0.3, 0.4) is 0 Å². The second-order valence-electron chi connectivity index (χ2n) is 1.06. The molecule has 0 saturated carbocycles. The smallest absolute Gasteiger partial charge is 0.0476 e. The summed E-state index contributed by atoms with van der Waals surface area (Å²) >= 11 is 0. The Hall–Kier alpha value is 0.110. The van der Waals surface area contributed by atoms with E-state index >= 15 is 0 Å². The van der Waals surface area contributed by atoms with Gasteiger partial charge in [0.2, 0.25) is 0 Å². The highest BCUT2D eigenvalue weighted by molar-refractivity contribution is 7.48. The van der Waals surface area contributed by atoms with Gasteiger partial charge in [-0.3, -0.25) is 0 Å². The maximum Gasteiger partial charge on any atom is 0.0476 e. The Bertz CT molecular complexity index is 83.7. The lowest BCUT2D eigenvalue weighted by atomic mass is 10.9. The van der Waals surface area contributed by atoms with Gasteiger partial charge in [-0.2, -0.15) is 0 Å². The van der Waals surface area contributed by atoms with Crippen molar-refractivity contribution in [3.05, 3.63) is 0 Å². The van der Waals surface area contributed by atoms with Crippen LogP contribution in [0.4, 0.5) is 0 Å². The van der Waals surface area contributed by atoms with Crippen molar-refractivity contribution in [2.75, 3.05) is 12.8 Å². The summed E-state index contributed by atoms with van der Waals surface area (Å²) in [6, 6.07) is 0. The molecule has 0 amide bonds. The van der Waals surface area contributed by atoms with E-state index in [1.54, 1.807) is 0 Å². The molecule has 0 bridgehead atoms. The molecule has 1 N–H and O–H groups in total. The molecule has 0 rings (SSSR count). The second kappa shape index (κ2) is 2.43. The summed E-state index contributed by atoms with van der Waals surface area (Å²) in [6.07, 6.45) is -0.660. The molecule has 0 radical (unpaired) electrons. The van der Waals surface area contributed by atoms with Crippen LogP contribution < -0.4 is 9.79 Å². The SMILES string of the molecule is O=P([O-])([O-])CCO. The van der Waals surface area contributed by atoms with Gasteiger partial charge >= 0.3 is 0 Å². The molecule has 0 unspecified atom stereocenters. The van der Waals surface area contributed by atoms with Crippen LogP contribution in [-0.2, 0) is 4.57 Å². The molecular weight excluding hydrogens is 119 g/mol. The first-order valence-electron chi connectivity index (χ1n) is 1.68. The van der Waals surface area contributed by atoms with E-state index in [0.717, 1.165) is 0 Å². The van der Waals surface area contributed by atoms with Gasteiger partial charge in [-0.1, -0.05) is 7.60 Å².